The van der Waals surface area contributed by atoms with Crippen LogP contribution in [0.4, 0.5) is 0 Å². The first kappa shape index (κ1) is 16.0. The van der Waals surface area contributed by atoms with Gasteiger partial charge in [0, 0.05) is 31.7 Å². The Hall–Kier alpha value is -1.39. The molecule has 0 spiro atoms. The number of nitrogens with one attached hydrogen (secondary N) is 1. The lowest BCUT2D eigenvalue weighted by Gasteiger charge is -2.40. The molecule has 0 bridgehead atoms. The van der Waals surface area contributed by atoms with Crippen molar-refractivity contribution in [2.24, 2.45) is 0 Å². The summed E-state index contributed by atoms with van der Waals surface area (Å²) in [7, 11) is 0. The molecule has 4 nitrogen and oxygen atoms in total. The average Bonchev–Trinajstić information content (AvgIpc) is 2.53. The third-order valence-corrected chi connectivity index (χ3v) is 4.05. The molecule has 0 amide bonds. The highest BCUT2D eigenvalue weighted by Crippen LogP contribution is 2.22. The number of ether oxygens (including phenoxy) is 1. The van der Waals surface area contributed by atoms with Gasteiger partial charge in [0.05, 0.1) is 12.1 Å². The molecule has 1 aliphatic heterocycles. The molecule has 1 saturated heterocycles. The lowest BCUT2D eigenvalue weighted by molar-refractivity contribution is 0.0602. The minimum absolute atomic E-state index is 0.173. The molecule has 0 atom stereocenters. The van der Waals surface area contributed by atoms with E-state index in [1.165, 1.54) is 0 Å². The molecule has 0 radical (unpaired) electrons. The minimum Gasteiger partial charge on any atom is -0.494 e. The first-order valence-corrected chi connectivity index (χ1v) is 7.79. The van der Waals surface area contributed by atoms with Crippen LogP contribution in [-0.4, -0.2) is 49.0 Å². The van der Waals surface area contributed by atoms with Crippen LogP contribution in [0.1, 0.15) is 37.6 Å². The summed E-state index contributed by atoms with van der Waals surface area (Å²) in [5, 5.41) is 3.32. The number of ketones is 1. The number of Topliss-reactive ketones (excluding diaryl/α,β-unsaturated/α-hetero) is 1. The average molecular weight is 290 g/mol. The van der Waals surface area contributed by atoms with Crippen LogP contribution in [0.25, 0.3) is 0 Å². The van der Waals surface area contributed by atoms with Crippen LogP contribution in [-0.2, 0) is 0 Å². The zero-order valence-electron chi connectivity index (χ0n) is 13.3. The maximum absolute atomic E-state index is 12.8. The zero-order valence-corrected chi connectivity index (χ0v) is 13.3. The summed E-state index contributed by atoms with van der Waals surface area (Å²) >= 11 is 0. The van der Waals surface area contributed by atoms with E-state index in [2.05, 4.69) is 17.1 Å². The Kier molecular flexibility index (Phi) is 5.37. The van der Waals surface area contributed by atoms with E-state index in [4.69, 9.17) is 4.74 Å². The quantitative estimate of drug-likeness (QED) is 0.817. The van der Waals surface area contributed by atoms with Gasteiger partial charge in [0.15, 0.2) is 5.78 Å². The molecule has 1 aromatic carbocycles. The molecule has 116 valence electrons. The molecule has 1 aromatic rings. The number of hydrogen-bond acceptors (Lipinski definition) is 4. The number of carbonyl (C=O) groups is 1. The maximum atomic E-state index is 12.8. The molecule has 1 heterocycles. The molecule has 0 unspecified atom stereocenters. The number of benzene rings is 1. The van der Waals surface area contributed by atoms with Crippen molar-refractivity contribution in [1.29, 1.82) is 0 Å². The fourth-order valence-electron chi connectivity index (χ4n) is 2.64. The second kappa shape index (κ2) is 7.05. The largest absolute Gasteiger partial charge is 0.494 e. The van der Waals surface area contributed by atoms with E-state index in [1.807, 2.05) is 38.1 Å². The molecular weight excluding hydrogens is 264 g/mol. The fraction of sp³-hybridized carbons (Fsp3) is 0.588. The summed E-state index contributed by atoms with van der Waals surface area (Å²) in [6.45, 7) is 10.5. The third kappa shape index (κ3) is 3.83. The predicted molar refractivity (Wildman–Crippen MR) is 85.1 cm³/mol. The Morgan fingerprint density at radius 1 is 1.24 bits per heavy atom. The van der Waals surface area contributed by atoms with Crippen molar-refractivity contribution in [2.45, 2.75) is 32.7 Å². The molecule has 0 aliphatic carbocycles. The summed E-state index contributed by atoms with van der Waals surface area (Å²) < 4.78 is 5.56. The number of rotatable bonds is 6. The number of hydrogen-bond donors (Lipinski definition) is 1. The van der Waals surface area contributed by atoms with E-state index in [-0.39, 0.29) is 5.78 Å². The van der Waals surface area contributed by atoms with Gasteiger partial charge < -0.3 is 10.1 Å². The highest BCUT2D eigenvalue weighted by atomic mass is 16.5. The second-order valence-electron chi connectivity index (χ2n) is 6.00. The maximum Gasteiger partial charge on any atom is 0.182 e. The molecule has 0 saturated carbocycles. The minimum atomic E-state index is -0.464. The van der Waals surface area contributed by atoms with Crippen molar-refractivity contribution in [3.63, 3.8) is 0 Å². The van der Waals surface area contributed by atoms with Crippen molar-refractivity contribution in [1.82, 2.24) is 10.2 Å². The highest BCUT2D eigenvalue weighted by Gasteiger charge is 2.35. The zero-order chi connectivity index (χ0) is 15.3. The Morgan fingerprint density at radius 2 is 1.86 bits per heavy atom. The molecule has 1 aliphatic rings. The molecule has 4 heteroatoms. The summed E-state index contributed by atoms with van der Waals surface area (Å²) in [5.41, 5.74) is 0.288. The standard InChI is InChI=1S/C17H26N2O2/c1-4-13-21-15-7-5-14(6-8-15)16(20)17(2,3)19-11-9-18-10-12-19/h5-8,18H,4,9-13H2,1-3H3. The van der Waals surface area contributed by atoms with Crippen molar-refractivity contribution >= 4 is 5.78 Å². The molecule has 1 N–H and O–H groups in total. The van der Waals surface area contributed by atoms with Gasteiger partial charge in [-0.05, 0) is 44.5 Å². The Balaban J connectivity index is 2.07. The van der Waals surface area contributed by atoms with E-state index in [1.54, 1.807) is 0 Å². The van der Waals surface area contributed by atoms with E-state index in [0.717, 1.165) is 43.9 Å². The normalized spacial score (nSPS) is 16.7. The van der Waals surface area contributed by atoms with Gasteiger partial charge in [-0.25, -0.2) is 0 Å². The van der Waals surface area contributed by atoms with Crippen LogP contribution in [0.5, 0.6) is 5.75 Å². The summed E-state index contributed by atoms with van der Waals surface area (Å²) in [5.74, 6) is 1.000. The first-order chi connectivity index (χ1) is 10.1. The molecule has 1 fully saturated rings. The smallest absolute Gasteiger partial charge is 0.182 e. The summed E-state index contributed by atoms with van der Waals surface area (Å²) in [4.78, 5) is 15.0. The first-order valence-electron chi connectivity index (χ1n) is 7.79. The number of nitrogens with zero attached hydrogens (tertiary/aromatic N) is 1. The molecular formula is C17H26N2O2. The van der Waals surface area contributed by atoms with Gasteiger partial charge in [-0.2, -0.15) is 0 Å². The van der Waals surface area contributed by atoms with Crippen molar-refractivity contribution in [2.75, 3.05) is 32.8 Å². The van der Waals surface area contributed by atoms with Crippen LogP contribution in [0.2, 0.25) is 0 Å². The van der Waals surface area contributed by atoms with Gasteiger partial charge in [-0.1, -0.05) is 6.92 Å². The molecule has 0 aromatic heterocycles. The fourth-order valence-corrected chi connectivity index (χ4v) is 2.64. The molecule has 2 rings (SSSR count). The lowest BCUT2D eigenvalue weighted by atomic mass is 9.90. The van der Waals surface area contributed by atoms with Crippen LogP contribution in [0.15, 0.2) is 24.3 Å². The highest BCUT2D eigenvalue weighted by molar-refractivity contribution is 6.02. The van der Waals surface area contributed by atoms with Gasteiger partial charge in [0.25, 0.3) is 0 Å². The van der Waals surface area contributed by atoms with E-state index in [9.17, 15) is 4.79 Å². The Morgan fingerprint density at radius 3 is 2.43 bits per heavy atom. The van der Waals surface area contributed by atoms with Crippen molar-refractivity contribution < 1.29 is 9.53 Å². The molecule has 21 heavy (non-hydrogen) atoms. The monoisotopic (exact) mass is 290 g/mol. The van der Waals surface area contributed by atoms with Gasteiger partial charge in [-0.15, -0.1) is 0 Å². The number of carbonyl (C=O) groups excluding carboxylic acids is 1. The predicted octanol–water partition coefficient (Wildman–Crippen LogP) is 2.34. The van der Waals surface area contributed by atoms with Gasteiger partial charge in [-0.3, -0.25) is 9.69 Å². The topological polar surface area (TPSA) is 41.6 Å². The summed E-state index contributed by atoms with van der Waals surface area (Å²) in [6.07, 6.45) is 0.983. The van der Waals surface area contributed by atoms with Crippen LogP contribution in [0, 0.1) is 0 Å². The van der Waals surface area contributed by atoms with Crippen molar-refractivity contribution in [3.8, 4) is 5.75 Å². The van der Waals surface area contributed by atoms with Crippen LogP contribution in [0.3, 0.4) is 0 Å². The van der Waals surface area contributed by atoms with E-state index >= 15 is 0 Å². The third-order valence-electron chi connectivity index (χ3n) is 4.05. The van der Waals surface area contributed by atoms with Crippen LogP contribution < -0.4 is 10.1 Å². The van der Waals surface area contributed by atoms with Gasteiger partial charge in [0.2, 0.25) is 0 Å². The van der Waals surface area contributed by atoms with E-state index in [0.29, 0.717) is 6.61 Å². The Labute approximate surface area is 127 Å². The summed E-state index contributed by atoms with van der Waals surface area (Å²) in [6, 6.07) is 7.52. The Bertz CT molecular complexity index is 462. The van der Waals surface area contributed by atoms with Gasteiger partial charge in [0.1, 0.15) is 5.75 Å². The van der Waals surface area contributed by atoms with Crippen LogP contribution >= 0.6 is 0 Å². The van der Waals surface area contributed by atoms with E-state index < -0.39 is 5.54 Å². The lowest BCUT2D eigenvalue weighted by Crippen LogP contribution is -2.57. The van der Waals surface area contributed by atoms with Gasteiger partial charge >= 0.3 is 0 Å². The van der Waals surface area contributed by atoms with Crippen molar-refractivity contribution in [3.05, 3.63) is 29.8 Å². The SMILES string of the molecule is CCCOc1ccc(C(=O)C(C)(C)N2CCNCC2)cc1. The second-order valence-corrected chi connectivity index (χ2v) is 6.00. The number of piperazine rings is 1.